The van der Waals surface area contributed by atoms with Crippen LogP contribution in [-0.2, 0) is 14.3 Å². The van der Waals surface area contributed by atoms with Crippen molar-refractivity contribution in [2.45, 2.75) is 69.7 Å². The van der Waals surface area contributed by atoms with Crippen LogP contribution in [0.5, 0.6) is 0 Å². The quantitative estimate of drug-likeness (QED) is 0.684. The number of hydrogen-bond donors (Lipinski definition) is 3. The number of likely N-dealkylation sites (tertiary alicyclic amines) is 1. The monoisotopic (exact) mass is 391 g/mol. The van der Waals surface area contributed by atoms with Gasteiger partial charge in [0.1, 0.15) is 24.1 Å². The van der Waals surface area contributed by atoms with Crippen molar-refractivity contribution in [2.24, 2.45) is 0 Å². The van der Waals surface area contributed by atoms with Crippen molar-refractivity contribution in [1.82, 2.24) is 20.4 Å². The topological polar surface area (TPSA) is 109 Å². The molecule has 1 aliphatic carbocycles. The van der Waals surface area contributed by atoms with E-state index in [2.05, 4.69) is 20.8 Å². The molecule has 0 bridgehead atoms. The molecule has 9 nitrogen and oxygen atoms in total. The van der Waals surface area contributed by atoms with Gasteiger partial charge in [-0.1, -0.05) is 0 Å². The first-order valence-electron chi connectivity index (χ1n) is 10.1. The molecule has 3 atom stereocenters. The third-order valence-electron chi connectivity index (χ3n) is 5.73. The van der Waals surface area contributed by atoms with Gasteiger partial charge in [-0.25, -0.2) is 4.79 Å². The van der Waals surface area contributed by atoms with Gasteiger partial charge in [-0.3, -0.25) is 9.89 Å². The molecule has 4 rings (SSSR count). The SMILES string of the molecule is C[C@H](Nc1cc([C@@H]2C[C@H](OC(=O)NC3(C)CC3)CO2)[nH]n1)C(=O)N1CCCC1. The number of nitrogens with zero attached hydrogens (tertiary/aromatic N) is 2. The Hall–Kier alpha value is -2.29. The van der Waals surface area contributed by atoms with Gasteiger partial charge >= 0.3 is 6.09 Å². The number of carbonyl (C=O) groups excluding carboxylic acids is 2. The second-order valence-electron chi connectivity index (χ2n) is 8.38. The number of ether oxygens (including phenoxy) is 2. The summed E-state index contributed by atoms with van der Waals surface area (Å²) in [6.07, 6.45) is 3.85. The van der Waals surface area contributed by atoms with E-state index in [0.717, 1.165) is 44.5 Å². The summed E-state index contributed by atoms with van der Waals surface area (Å²) in [5, 5.41) is 13.3. The Morgan fingerprint density at radius 3 is 2.86 bits per heavy atom. The zero-order chi connectivity index (χ0) is 19.7. The van der Waals surface area contributed by atoms with Crippen LogP contribution >= 0.6 is 0 Å². The smallest absolute Gasteiger partial charge is 0.407 e. The standard InChI is InChI=1S/C19H29N5O4/c1-12(17(25)24-7-3-4-8-24)20-16-10-14(22-23-16)15-9-13(11-27-15)28-18(26)21-19(2)5-6-19/h10,12-13,15H,3-9,11H2,1-2H3,(H,21,26)(H2,20,22,23)/t12-,13-,15-/m0/s1. The number of aromatic amines is 1. The highest BCUT2D eigenvalue weighted by atomic mass is 16.6. The van der Waals surface area contributed by atoms with Crippen molar-refractivity contribution in [3.63, 3.8) is 0 Å². The number of anilines is 1. The second-order valence-corrected chi connectivity index (χ2v) is 8.38. The molecule has 1 saturated carbocycles. The minimum absolute atomic E-state index is 0.0942. The van der Waals surface area contributed by atoms with Crippen molar-refractivity contribution in [2.75, 3.05) is 25.0 Å². The van der Waals surface area contributed by atoms with Crippen LogP contribution in [0.2, 0.25) is 0 Å². The molecule has 9 heteroatoms. The zero-order valence-corrected chi connectivity index (χ0v) is 16.5. The van der Waals surface area contributed by atoms with Gasteiger partial charge in [0, 0.05) is 31.1 Å². The summed E-state index contributed by atoms with van der Waals surface area (Å²) in [7, 11) is 0. The van der Waals surface area contributed by atoms with E-state index in [1.165, 1.54) is 0 Å². The van der Waals surface area contributed by atoms with Crippen LogP contribution in [0.1, 0.15) is 57.7 Å². The number of carbonyl (C=O) groups is 2. The fourth-order valence-electron chi connectivity index (χ4n) is 3.71. The predicted molar refractivity (Wildman–Crippen MR) is 102 cm³/mol. The molecular formula is C19H29N5O4. The van der Waals surface area contributed by atoms with E-state index in [9.17, 15) is 9.59 Å². The number of rotatable bonds is 6. The maximum atomic E-state index is 12.4. The predicted octanol–water partition coefficient (Wildman–Crippen LogP) is 1.94. The van der Waals surface area contributed by atoms with Gasteiger partial charge in [-0.15, -0.1) is 0 Å². The molecule has 2 saturated heterocycles. The molecule has 28 heavy (non-hydrogen) atoms. The lowest BCUT2D eigenvalue weighted by atomic mass is 10.1. The van der Waals surface area contributed by atoms with Gasteiger partial charge < -0.3 is 25.0 Å². The van der Waals surface area contributed by atoms with E-state index in [0.29, 0.717) is 18.8 Å². The van der Waals surface area contributed by atoms with Crippen LogP contribution in [-0.4, -0.2) is 64.5 Å². The number of nitrogens with one attached hydrogen (secondary N) is 3. The molecule has 3 heterocycles. The summed E-state index contributed by atoms with van der Waals surface area (Å²) < 4.78 is 11.2. The van der Waals surface area contributed by atoms with Crippen LogP contribution in [0.4, 0.5) is 10.6 Å². The van der Waals surface area contributed by atoms with Gasteiger partial charge in [-0.05, 0) is 39.5 Å². The summed E-state index contributed by atoms with van der Waals surface area (Å²) in [5.41, 5.74) is 0.715. The molecule has 2 aliphatic heterocycles. The lowest BCUT2D eigenvalue weighted by molar-refractivity contribution is -0.130. The van der Waals surface area contributed by atoms with Crippen molar-refractivity contribution in [3.8, 4) is 0 Å². The summed E-state index contributed by atoms with van der Waals surface area (Å²) >= 11 is 0. The average Bonchev–Trinajstić information content (AvgIpc) is 3.16. The molecule has 0 radical (unpaired) electrons. The third kappa shape index (κ3) is 4.40. The highest BCUT2D eigenvalue weighted by Gasteiger charge is 2.40. The van der Waals surface area contributed by atoms with Gasteiger partial charge in [0.25, 0.3) is 0 Å². The lowest BCUT2D eigenvalue weighted by Crippen LogP contribution is -2.39. The summed E-state index contributed by atoms with van der Waals surface area (Å²) in [6, 6.07) is 1.52. The number of aromatic nitrogens is 2. The van der Waals surface area contributed by atoms with Gasteiger partial charge in [0.2, 0.25) is 5.91 Å². The summed E-state index contributed by atoms with van der Waals surface area (Å²) in [4.78, 5) is 26.2. The number of hydrogen-bond acceptors (Lipinski definition) is 6. The molecule has 2 amide bonds. The van der Waals surface area contributed by atoms with Crippen LogP contribution in [0, 0.1) is 0 Å². The Balaban J connectivity index is 1.26. The first-order valence-corrected chi connectivity index (χ1v) is 10.1. The van der Waals surface area contributed by atoms with Crippen molar-refractivity contribution >= 4 is 17.8 Å². The molecule has 154 valence electrons. The van der Waals surface area contributed by atoms with E-state index in [1.807, 2.05) is 24.8 Å². The fraction of sp³-hybridized carbons (Fsp3) is 0.737. The number of amides is 2. The van der Waals surface area contributed by atoms with Crippen LogP contribution in [0.3, 0.4) is 0 Å². The molecule has 0 unspecified atom stereocenters. The van der Waals surface area contributed by atoms with Gasteiger partial charge in [-0.2, -0.15) is 5.10 Å². The molecule has 3 fully saturated rings. The Kier molecular flexibility index (Phi) is 5.18. The molecule has 1 aromatic rings. The van der Waals surface area contributed by atoms with E-state index >= 15 is 0 Å². The highest BCUT2D eigenvalue weighted by molar-refractivity contribution is 5.84. The summed E-state index contributed by atoms with van der Waals surface area (Å²) in [6.45, 7) is 5.89. The minimum atomic E-state index is -0.379. The minimum Gasteiger partial charge on any atom is -0.444 e. The van der Waals surface area contributed by atoms with Crippen molar-refractivity contribution in [1.29, 1.82) is 0 Å². The van der Waals surface area contributed by atoms with E-state index in [-0.39, 0.29) is 35.8 Å². The molecule has 1 aromatic heterocycles. The maximum absolute atomic E-state index is 12.4. The average molecular weight is 391 g/mol. The van der Waals surface area contributed by atoms with Crippen LogP contribution < -0.4 is 10.6 Å². The Labute approximate surface area is 164 Å². The largest absolute Gasteiger partial charge is 0.444 e. The van der Waals surface area contributed by atoms with Gasteiger partial charge in [0.15, 0.2) is 0 Å². The Morgan fingerprint density at radius 1 is 1.39 bits per heavy atom. The first kappa shape index (κ1) is 19.0. The molecule has 0 aromatic carbocycles. The van der Waals surface area contributed by atoms with Crippen molar-refractivity contribution < 1.29 is 19.1 Å². The second kappa shape index (κ2) is 7.62. The fourth-order valence-corrected chi connectivity index (χ4v) is 3.71. The molecular weight excluding hydrogens is 362 g/mol. The maximum Gasteiger partial charge on any atom is 0.407 e. The molecule has 0 spiro atoms. The Bertz CT molecular complexity index is 726. The van der Waals surface area contributed by atoms with E-state index in [1.54, 1.807) is 0 Å². The molecule has 3 N–H and O–H groups in total. The number of H-pyrrole nitrogens is 1. The van der Waals surface area contributed by atoms with E-state index < -0.39 is 0 Å². The molecule has 3 aliphatic rings. The van der Waals surface area contributed by atoms with Gasteiger partial charge in [0.05, 0.1) is 12.3 Å². The zero-order valence-electron chi connectivity index (χ0n) is 16.5. The normalized spacial score (nSPS) is 26.7. The first-order chi connectivity index (χ1) is 13.4. The van der Waals surface area contributed by atoms with Crippen LogP contribution in [0.15, 0.2) is 6.07 Å². The third-order valence-corrected chi connectivity index (χ3v) is 5.73. The number of alkyl carbamates (subject to hydrolysis) is 1. The van der Waals surface area contributed by atoms with Crippen molar-refractivity contribution in [3.05, 3.63) is 11.8 Å². The highest BCUT2D eigenvalue weighted by Crippen LogP contribution is 2.35. The van der Waals surface area contributed by atoms with E-state index in [4.69, 9.17) is 9.47 Å². The Morgan fingerprint density at radius 2 is 2.14 bits per heavy atom. The van der Waals surface area contributed by atoms with Crippen LogP contribution in [0.25, 0.3) is 0 Å². The lowest BCUT2D eigenvalue weighted by Gasteiger charge is -2.20. The summed E-state index contributed by atoms with van der Waals surface area (Å²) in [5.74, 6) is 0.713.